The number of nitrogens with one attached hydrogen (secondary N) is 1. The van der Waals surface area contributed by atoms with Gasteiger partial charge in [-0.25, -0.2) is 0 Å². The molecule has 7 fully saturated rings. The fourth-order valence-electron chi connectivity index (χ4n) is 13.5. The van der Waals surface area contributed by atoms with E-state index in [2.05, 4.69) is 19.2 Å². The molecule has 0 aromatic heterocycles. The van der Waals surface area contributed by atoms with E-state index in [4.69, 9.17) is 28.4 Å². The number of carbonyl (C=O) groups excluding carboxylic acids is 2. The van der Waals surface area contributed by atoms with E-state index in [1.54, 1.807) is 0 Å². The molecule has 4 saturated carbocycles. The van der Waals surface area contributed by atoms with Gasteiger partial charge >= 0.3 is 0 Å². The lowest BCUT2D eigenvalue weighted by Crippen LogP contribution is -2.66. The number of aliphatic hydroxyl groups excluding tert-OH is 9. The third-order valence-electron chi connectivity index (χ3n) is 17.3. The number of rotatable bonds is 14. The number of carbonyl (C=O) groups is 2. The van der Waals surface area contributed by atoms with Crippen LogP contribution >= 0.6 is 0 Å². The third kappa shape index (κ3) is 9.73. The third-order valence-corrected chi connectivity index (χ3v) is 17.3. The minimum absolute atomic E-state index is 0.0290. The Labute approximate surface area is 376 Å². The summed E-state index contributed by atoms with van der Waals surface area (Å²) < 4.78 is 35.5. The Balaban J connectivity index is 0.954. The van der Waals surface area contributed by atoms with Gasteiger partial charge in [0.2, 0.25) is 5.91 Å². The molecule has 0 aromatic carbocycles. The van der Waals surface area contributed by atoms with Crippen molar-refractivity contribution >= 4 is 11.7 Å². The molecule has 0 spiro atoms. The van der Waals surface area contributed by atoms with Crippen LogP contribution in [-0.4, -0.2) is 176 Å². The first-order valence-electron chi connectivity index (χ1n) is 23.9. The summed E-state index contributed by atoms with van der Waals surface area (Å²) in [5, 5.41) is 100. The van der Waals surface area contributed by atoms with E-state index >= 15 is 0 Å². The number of Topliss-reactive ketones (excluding diaryl/α,β-unsaturated/α-hetero) is 1. The second-order valence-corrected chi connectivity index (χ2v) is 21.2. The highest BCUT2D eigenvalue weighted by atomic mass is 16.8. The largest absolute Gasteiger partial charge is 0.394 e. The summed E-state index contributed by atoms with van der Waals surface area (Å²) in [6.45, 7) is 11.2. The fraction of sp³-hybridized carbons (Fsp3) is 0.957. The Morgan fingerprint density at radius 2 is 1.41 bits per heavy atom. The first kappa shape index (κ1) is 50.4. The molecule has 25 atom stereocenters. The first-order chi connectivity index (χ1) is 30.2. The highest BCUT2D eigenvalue weighted by Crippen LogP contribution is 2.68. The van der Waals surface area contributed by atoms with Crippen molar-refractivity contribution in [2.24, 2.45) is 52.3 Å². The quantitative estimate of drug-likeness (QED) is 0.102. The van der Waals surface area contributed by atoms with Crippen molar-refractivity contribution in [3.63, 3.8) is 0 Å². The molecule has 10 N–H and O–H groups in total. The van der Waals surface area contributed by atoms with Crippen LogP contribution in [0.4, 0.5) is 0 Å². The summed E-state index contributed by atoms with van der Waals surface area (Å²) in [5.41, 5.74) is -0.112. The normalized spacial score (nSPS) is 50.4. The summed E-state index contributed by atoms with van der Waals surface area (Å²) in [4.78, 5) is 25.0. The van der Waals surface area contributed by atoms with Gasteiger partial charge in [0.05, 0.1) is 31.5 Å². The van der Waals surface area contributed by atoms with Crippen molar-refractivity contribution < 1.29 is 84.0 Å². The van der Waals surface area contributed by atoms with Crippen LogP contribution in [0.15, 0.2) is 0 Å². The lowest BCUT2D eigenvalue weighted by molar-refractivity contribution is -0.383. The summed E-state index contributed by atoms with van der Waals surface area (Å²) in [7, 11) is 0. The van der Waals surface area contributed by atoms with E-state index in [1.807, 2.05) is 13.8 Å². The maximum absolute atomic E-state index is 13.6. The Hall–Kier alpha value is -1.46. The van der Waals surface area contributed by atoms with Gasteiger partial charge < -0.3 is 79.7 Å². The van der Waals surface area contributed by atoms with Gasteiger partial charge in [-0.2, -0.15) is 0 Å². The number of ether oxygens (including phenoxy) is 6. The van der Waals surface area contributed by atoms with Crippen LogP contribution in [0.2, 0.25) is 0 Å². The van der Waals surface area contributed by atoms with Crippen molar-refractivity contribution in [3.8, 4) is 0 Å². The van der Waals surface area contributed by atoms with Crippen molar-refractivity contribution in [3.05, 3.63) is 0 Å². The predicted molar refractivity (Wildman–Crippen MR) is 224 cm³/mol. The zero-order chi connectivity index (χ0) is 46.6. The SMILES string of the molecule is CC(=O)NC[C@@H](C)CCC(=O)[C@@H](C)[C@H]1[C@H](O)C[C@@H]2[C@@H]3CC[C@H]4C[C@@H](O[C@@H]5O[C@H](CO)[C@@H](O[C@@H]6O[C@@H](C)[C@H](O)[C@@H](O)[C@H]6O[C@@H]6OC[C@@H](O)[C@H](O)[C@H]6O)[C@H](O)[C@H]5O)CC[C@]4(C)[C@H]3CC[C@]12C. The van der Waals surface area contributed by atoms with Gasteiger partial charge in [-0.05, 0) is 111 Å². The smallest absolute Gasteiger partial charge is 0.216 e. The predicted octanol–water partition coefficient (Wildman–Crippen LogP) is -0.126. The molecule has 0 radical (unpaired) electrons. The zero-order valence-electron chi connectivity index (χ0n) is 38.3. The van der Waals surface area contributed by atoms with Crippen LogP contribution in [0.1, 0.15) is 106 Å². The maximum Gasteiger partial charge on any atom is 0.216 e. The van der Waals surface area contributed by atoms with Crippen LogP contribution in [0.5, 0.6) is 0 Å². The molecule has 64 heavy (non-hydrogen) atoms. The molecule has 18 nitrogen and oxygen atoms in total. The van der Waals surface area contributed by atoms with Crippen molar-refractivity contribution in [2.75, 3.05) is 19.8 Å². The second-order valence-electron chi connectivity index (χ2n) is 21.2. The van der Waals surface area contributed by atoms with Gasteiger partial charge in [0.1, 0.15) is 66.8 Å². The van der Waals surface area contributed by atoms with E-state index in [1.165, 1.54) is 13.8 Å². The molecule has 368 valence electrons. The minimum atomic E-state index is -1.73. The molecule has 0 bridgehead atoms. The lowest BCUT2D eigenvalue weighted by atomic mass is 9.44. The molecule has 3 saturated heterocycles. The molecular formula is C46H77NO17. The summed E-state index contributed by atoms with van der Waals surface area (Å²) in [6, 6.07) is 0. The second kappa shape index (κ2) is 20.2. The van der Waals surface area contributed by atoms with E-state index in [9.17, 15) is 55.5 Å². The Bertz CT molecular complexity index is 1590. The molecule has 0 unspecified atom stereocenters. The van der Waals surface area contributed by atoms with Crippen LogP contribution in [0.25, 0.3) is 0 Å². The molecule has 1 amide bonds. The average molecular weight is 916 g/mol. The number of hydrogen-bond acceptors (Lipinski definition) is 17. The number of fused-ring (bicyclic) bond motifs is 5. The van der Waals surface area contributed by atoms with Crippen molar-refractivity contribution in [1.82, 2.24) is 5.32 Å². The zero-order valence-corrected chi connectivity index (χ0v) is 38.3. The topological polar surface area (TPSA) is 284 Å². The van der Waals surface area contributed by atoms with Gasteiger partial charge in [-0.3, -0.25) is 9.59 Å². The van der Waals surface area contributed by atoms with E-state index < -0.39 is 105 Å². The number of aliphatic hydroxyl groups is 9. The fourth-order valence-corrected chi connectivity index (χ4v) is 13.5. The van der Waals surface area contributed by atoms with E-state index in [0.717, 1.165) is 38.5 Å². The highest BCUT2D eigenvalue weighted by Gasteiger charge is 2.64. The average Bonchev–Trinajstić information content (AvgIpc) is 3.54. The van der Waals surface area contributed by atoms with Crippen LogP contribution < -0.4 is 5.32 Å². The number of ketones is 1. The van der Waals surface area contributed by atoms with Gasteiger partial charge in [0.15, 0.2) is 18.9 Å². The molecule has 0 aromatic rings. The van der Waals surface area contributed by atoms with Gasteiger partial charge in [0, 0.05) is 25.8 Å². The molecule has 7 rings (SSSR count). The molecule has 4 aliphatic carbocycles. The summed E-state index contributed by atoms with van der Waals surface area (Å²) >= 11 is 0. The molecule has 3 heterocycles. The molecule has 7 aliphatic rings. The van der Waals surface area contributed by atoms with Gasteiger partial charge in [-0.1, -0.05) is 27.7 Å². The van der Waals surface area contributed by atoms with E-state index in [0.29, 0.717) is 55.9 Å². The lowest BCUT2D eigenvalue weighted by Gasteiger charge is -2.61. The van der Waals surface area contributed by atoms with Crippen molar-refractivity contribution in [2.45, 2.75) is 204 Å². The molecule has 18 heteroatoms. The van der Waals surface area contributed by atoms with Gasteiger partial charge in [0.25, 0.3) is 0 Å². The standard InChI is InChI=1S/C46H77NO17/c1-20(17-47-23(4)49)7-10-29(50)21(2)33-30(51)16-28-26-9-8-24-15-25(11-13-45(24,5)27(26)12-14-46(28,33)6)61-43-39(58)37(56)40(32(18-48)62-43)63-44-41(36(55)34(53)22(3)60-44)64-42-38(57)35(54)31(52)19-59-42/h20-22,24-28,30-44,48,51-58H,7-19H2,1-6H3,(H,47,49)/t20-,21+,22-,24-,25-,26+,27-,28+,30+,31+,32+,33-,34-,35-,36+,37+,38+,39+,40+,41+,42-,43+,44-,45-,46-/m0/s1. The van der Waals surface area contributed by atoms with Crippen LogP contribution in [-0.2, 0) is 38.0 Å². The number of hydrogen-bond donors (Lipinski definition) is 10. The summed E-state index contributed by atoms with van der Waals surface area (Å²) in [5.74, 6) is 1.48. The van der Waals surface area contributed by atoms with Gasteiger partial charge in [-0.15, -0.1) is 0 Å². The Morgan fingerprint density at radius 3 is 2.11 bits per heavy atom. The molecule has 3 aliphatic heterocycles. The first-order valence-corrected chi connectivity index (χ1v) is 23.9. The molecular weight excluding hydrogens is 838 g/mol. The Kier molecular flexibility index (Phi) is 16.0. The minimum Gasteiger partial charge on any atom is -0.394 e. The van der Waals surface area contributed by atoms with Crippen LogP contribution in [0, 0.1) is 52.3 Å². The van der Waals surface area contributed by atoms with E-state index in [-0.39, 0.29) is 46.4 Å². The summed E-state index contributed by atoms with van der Waals surface area (Å²) in [6.07, 6.45) is -13.6. The maximum atomic E-state index is 13.6. The number of amides is 1. The Morgan fingerprint density at radius 1 is 0.734 bits per heavy atom. The van der Waals surface area contributed by atoms with Crippen LogP contribution in [0.3, 0.4) is 0 Å². The highest BCUT2D eigenvalue weighted by molar-refractivity contribution is 5.81. The monoisotopic (exact) mass is 916 g/mol. The van der Waals surface area contributed by atoms with Crippen molar-refractivity contribution in [1.29, 1.82) is 0 Å².